The molecule has 2 N–H and O–H groups in total. The zero-order chi connectivity index (χ0) is 19.0. The summed E-state index contributed by atoms with van der Waals surface area (Å²) < 4.78 is 29.7. The van der Waals surface area contributed by atoms with Crippen LogP contribution < -0.4 is 14.5 Å². The third-order valence-corrected chi connectivity index (χ3v) is 4.84. The van der Waals surface area contributed by atoms with E-state index in [1.54, 1.807) is 12.1 Å². The zero-order valence-electron chi connectivity index (χ0n) is 14.8. The molecule has 0 saturated carbocycles. The van der Waals surface area contributed by atoms with E-state index in [0.717, 1.165) is 11.3 Å². The zero-order valence-corrected chi connectivity index (χ0v) is 15.6. The van der Waals surface area contributed by atoms with Gasteiger partial charge in [-0.25, -0.2) is 4.83 Å². The molecule has 0 saturated heterocycles. The second-order valence-corrected chi connectivity index (χ2v) is 7.15. The number of nitrogens with one attached hydrogen (secondary N) is 1. The van der Waals surface area contributed by atoms with Gasteiger partial charge in [0.05, 0.1) is 24.3 Å². The summed E-state index contributed by atoms with van der Waals surface area (Å²) in [7, 11) is -1.85. The molecule has 140 valence electrons. The normalized spacial score (nSPS) is 11.5. The number of aliphatic hydroxyl groups excluding tert-OH is 1. The van der Waals surface area contributed by atoms with E-state index in [-0.39, 0.29) is 11.5 Å². The van der Waals surface area contributed by atoms with Crippen LogP contribution in [0.15, 0.2) is 58.5 Å². The number of benzene rings is 2. The number of rotatable bonds is 9. The van der Waals surface area contributed by atoms with Crippen molar-refractivity contribution in [2.45, 2.75) is 11.8 Å². The second kappa shape index (κ2) is 9.21. The maximum Gasteiger partial charge on any atom is 0.276 e. The van der Waals surface area contributed by atoms with E-state index in [1.807, 2.05) is 43.1 Å². The van der Waals surface area contributed by atoms with E-state index in [2.05, 4.69) is 9.93 Å². The molecule has 7 nitrogen and oxygen atoms in total. The number of nitrogens with zero attached hydrogens (tertiary/aromatic N) is 2. The van der Waals surface area contributed by atoms with Crippen molar-refractivity contribution in [2.24, 2.45) is 5.10 Å². The summed E-state index contributed by atoms with van der Waals surface area (Å²) in [5.74, 6) is 0.612. The Bertz CT molecular complexity index is 819. The van der Waals surface area contributed by atoms with Crippen LogP contribution in [0.5, 0.6) is 5.75 Å². The van der Waals surface area contributed by atoms with Gasteiger partial charge in [-0.1, -0.05) is 12.1 Å². The summed E-state index contributed by atoms with van der Waals surface area (Å²) >= 11 is 0. The number of ether oxygens (including phenoxy) is 1. The van der Waals surface area contributed by atoms with Gasteiger partial charge in [0.1, 0.15) is 5.75 Å². The quantitative estimate of drug-likeness (QED) is 0.514. The number of hydrogen-bond donors (Lipinski definition) is 2. The molecule has 26 heavy (non-hydrogen) atoms. The van der Waals surface area contributed by atoms with Crippen LogP contribution in [0.25, 0.3) is 0 Å². The highest BCUT2D eigenvalue weighted by Gasteiger charge is 2.12. The summed E-state index contributed by atoms with van der Waals surface area (Å²) in [6.45, 7) is 2.99. The van der Waals surface area contributed by atoms with Crippen molar-refractivity contribution in [1.29, 1.82) is 0 Å². The van der Waals surface area contributed by atoms with Crippen LogP contribution in [0.2, 0.25) is 0 Å². The molecule has 0 amide bonds. The maximum atomic E-state index is 12.2. The fourth-order valence-electron chi connectivity index (χ4n) is 2.20. The SMILES string of the molecule is CCOc1ccc(S(=O)(=O)N/N=C/c2ccc(N(C)CCO)cc2)cc1. The Morgan fingerprint density at radius 1 is 1.15 bits per heavy atom. The molecule has 0 atom stereocenters. The lowest BCUT2D eigenvalue weighted by Crippen LogP contribution is -2.21. The van der Waals surface area contributed by atoms with E-state index < -0.39 is 10.0 Å². The van der Waals surface area contributed by atoms with Crippen LogP contribution in [0.1, 0.15) is 12.5 Å². The average Bonchev–Trinajstić information content (AvgIpc) is 2.63. The number of hydrazone groups is 1. The summed E-state index contributed by atoms with van der Waals surface area (Å²) in [4.78, 5) is 4.21. The Balaban J connectivity index is 2.00. The van der Waals surface area contributed by atoms with Crippen LogP contribution in [0.4, 0.5) is 5.69 Å². The minimum atomic E-state index is -3.73. The number of anilines is 1. The van der Waals surface area contributed by atoms with Gasteiger partial charge < -0.3 is 14.7 Å². The minimum Gasteiger partial charge on any atom is -0.494 e. The van der Waals surface area contributed by atoms with E-state index in [1.165, 1.54) is 18.3 Å². The van der Waals surface area contributed by atoms with Crippen molar-refractivity contribution in [3.63, 3.8) is 0 Å². The van der Waals surface area contributed by atoms with Crippen LogP contribution in [0, 0.1) is 0 Å². The molecular formula is C18H23N3O4S. The largest absolute Gasteiger partial charge is 0.494 e. The number of hydrogen-bond acceptors (Lipinski definition) is 6. The molecule has 0 fully saturated rings. The van der Waals surface area contributed by atoms with Crippen molar-refractivity contribution >= 4 is 21.9 Å². The fourth-order valence-corrected chi connectivity index (χ4v) is 2.99. The topological polar surface area (TPSA) is 91.2 Å². The van der Waals surface area contributed by atoms with E-state index >= 15 is 0 Å². The average molecular weight is 377 g/mol. The number of sulfonamides is 1. The minimum absolute atomic E-state index is 0.0764. The first kappa shape index (κ1) is 19.7. The lowest BCUT2D eigenvalue weighted by Gasteiger charge is -2.17. The molecule has 0 unspecified atom stereocenters. The first-order valence-corrected chi connectivity index (χ1v) is 9.64. The molecule has 0 aliphatic rings. The van der Waals surface area contributed by atoms with Gasteiger partial charge in [-0.05, 0) is 48.9 Å². The van der Waals surface area contributed by atoms with Crippen molar-refractivity contribution in [3.05, 3.63) is 54.1 Å². The van der Waals surface area contributed by atoms with E-state index in [9.17, 15) is 8.42 Å². The van der Waals surface area contributed by atoms with Gasteiger partial charge in [0.25, 0.3) is 10.0 Å². The first-order chi connectivity index (χ1) is 12.5. The first-order valence-electron chi connectivity index (χ1n) is 8.16. The van der Waals surface area contributed by atoms with Crippen molar-refractivity contribution in [1.82, 2.24) is 4.83 Å². The highest BCUT2D eigenvalue weighted by atomic mass is 32.2. The third kappa shape index (κ3) is 5.47. The van der Waals surface area contributed by atoms with E-state index in [0.29, 0.717) is 18.9 Å². The highest BCUT2D eigenvalue weighted by molar-refractivity contribution is 7.89. The molecule has 0 heterocycles. The third-order valence-electron chi connectivity index (χ3n) is 3.60. The van der Waals surface area contributed by atoms with Gasteiger partial charge in [-0.2, -0.15) is 13.5 Å². The predicted molar refractivity (Wildman–Crippen MR) is 102 cm³/mol. The Kier molecular flexibility index (Phi) is 6.99. The lowest BCUT2D eigenvalue weighted by molar-refractivity contribution is 0.304. The molecule has 0 aliphatic carbocycles. The molecule has 0 aromatic heterocycles. The molecule has 8 heteroatoms. The van der Waals surface area contributed by atoms with Crippen molar-refractivity contribution in [3.8, 4) is 5.75 Å². The summed E-state index contributed by atoms with van der Waals surface area (Å²) in [6.07, 6.45) is 1.43. The molecule has 0 spiro atoms. The second-order valence-electron chi connectivity index (χ2n) is 5.49. The summed E-state index contributed by atoms with van der Waals surface area (Å²) in [5, 5.41) is 12.8. The smallest absolute Gasteiger partial charge is 0.276 e. The van der Waals surface area contributed by atoms with Crippen LogP contribution in [-0.2, 0) is 10.0 Å². The lowest BCUT2D eigenvalue weighted by atomic mass is 10.2. The molecule has 2 aromatic rings. The predicted octanol–water partition coefficient (Wildman–Crippen LogP) is 1.83. The Labute approximate surface area is 154 Å². The summed E-state index contributed by atoms with van der Waals surface area (Å²) in [5.41, 5.74) is 1.70. The molecule has 0 bridgehead atoms. The van der Waals surface area contributed by atoms with Crippen molar-refractivity contribution in [2.75, 3.05) is 31.7 Å². The van der Waals surface area contributed by atoms with Gasteiger partial charge in [-0.3, -0.25) is 0 Å². The Hall–Kier alpha value is -2.58. The van der Waals surface area contributed by atoms with Gasteiger partial charge in [-0.15, -0.1) is 0 Å². The maximum absolute atomic E-state index is 12.2. The molecule has 2 rings (SSSR count). The Morgan fingerprint density at radius 2 is 1.81 bits per heavy atom. The van der Waals surface area contributed by atoms with Gasteiger partial charge in [0, 0.05) is 19.3 Å². The van der Waals surface area contributed by atoms with Gasteiger partial charge in [0.15, 0.2) is 0 Å². The van der Waals surface area contributed by atoms with Crippen LogP contribution in [0.3, 0.4) is 0 Å². The monoisotopic (exact) mass is 377 g/mol. The highest BCUT2D eigenvalue weighted by Crippen LogP contribution is 2.16. The molecular weight excluding hydrogens is 354 g/mol. The van der Waals surface area contributed by atoms with Crippen LogP contribution >= 0.6 is 0 Å². The van der Waals surface area contributed by atoms with E-state index in [4.69, 9.17) is 9.84 Å². The van der Waals surface area contributed by atoms with Crippen LogP contribution in [-0.4, -0.2) is 46.5 Å². The molecule has 0 aliphatic heterocycles. The Morgan fingerprint density at radius 3 is 2.38 bits per heavy atom. The molecule has 2 aromatic carbocycles. The summed E-state index contributed by atoms with van der Waals surface area (Å²) in [6, 6.07) is 13.5. The van der Waals surface area contributed by atoms with Crippen molar-refractivity contribution < 1.29 is 18.3 Å². The number of likely N-dealkylation sites (N-methyl/N-ethyl adjacent to an activating group) is 1. The fraction of sp³-hybridized carbons (Fsp3) is 0.278. The molecule has 0 radical (unpaired) electrons. The number of aliphatic hydroxyl groups is 1. The van der Waals surface area contributed by atoms with Gasteiger partial charge >= 0.3 is 0 Å². The standard InChI is InChI=1S/C18H23N3O4S/c1-3-25-17-8-10-18(11-9-17)26(23,24)20-19-14-15-4-6-16(7-5-15)21(2)12-13-22/h4-11,14,20,22H,3,12-13H2,1-2H3/b19-14+. The van der Waals surface area contributed by atoms with Gasteiger partial charge in [0.2, 0.25) is 0 Å².